The van der Waals surface area contributed by atoms with Crippen LogP contribution in [0.3, 0.4) is 0 Å². The minimum Gasteiger partial charge on any atom is -0.497 e. The highest BCUT2D eigenvalue weighted by Gasteiger charge is 2.37. The molecule has 0 saturated carbocycles. The summed E-state index contributed by atoms with van der Waals surface area (Å²) in [7, 11) is 1.57. The number of methoxy groups -OCH3 is 1. The molecular weight excluding hydrogens is 408 g/mol. The van der Waals surface area contributed by atoms with Crippen molar-refractivity contribution >= 4 is 17.6 Å². The minimum absolute atomic E-state index is 0.0178. The summed E-state index contributed by atoms with van der Waals surface area (Å²) in [5, 5.41) is 5.81. The number of fused-ring (bicyclic) bond motifs is 4. The van der Waals surface area contributed by atoms with Crippen molar-refractivity contribution in [3.8, 4) is 5.75 Å². The van der Waals surface area contributed by atoms with Crippen molar-refractivity contribution in [3.63, 3.8) is 0 Å². The Morgan fingerprint density at radius 1 is 1.09 bits per heavy atom. The molecule has 1 aromatic carbocycles. The SMILES string of the molecule is COc1cccc(NC(=O)[C@@H](NC(=O)N2C[C@@H]3C[C@@H](C2)c2cccc(=O)n2C3)C(C)C)c1. The number of likely N-dealkylation sites (tertiary alicyclic amines) is 1. The fourth-order valence-corrected chi connectivity index (χ4v) is 4.74. The van der Waals surface area contributed by atoms with Crippen molar-refractivity contribution in [3.05, 3.63) is 58.5 Å². The van der Waals surface area contributed by atoms with Gasteiger partial charge in [0.15, 0.2) is 0 Å². The van der Waals surface area contributed by atoms with Crippen LogP contribution in [0, 0.1) is 11.8 Å². The molecule has 3 amide bonds. The molecule has 4 rings (SSSR count). The first-order valence-corrected chi connectivity index (χ1v) is 11.1. The smallest absolute Gasteiger partial charge is 0.318 e. The normalized spacial score (nSPS) is 20.3. The number of nitrogens with one attached hydrogen (secondary N) is 2. The van der Waals surface area contributed by atoms with E-state index >= 15 is 0 Å². The molecule has 0 spiro atoms. The number of benzene rings is 1. The van der Waals surface area contributed by atoms with Crippen LogP contribution in [0.15, 0.2) is 47.3 Å². The number of amides is 3. The molecule has 2 N–H and O–H groups in total. The molecule has 3 atom stereocenters. The second-order valence-electron chi connectivity index (χ2n) is 9.00. The standard InChI is InChI=1S/C24H30N4O4/c1-15(2)22(23(30)25-18-6-4-7-19(11-18)32-3)26-24(31)27-12-16-10-17(14-27)20-8-5-9-21(29)28(20)13-16/h4-9,11,15-17,22H,10,12-14H2,1-3H3,(H,25,30)(H,26,31)/t16-,17-,22-/m0/s1. The van der Waals surface area contributed by atoms with E-state index in [1.54, 1.807) is 48.4 Å². The summed E-state index contributed by atoms with van der Waals surface area (Å²) >= 11 is 0. The molecule has 0 unspecified atom stereocenters. The van der Waals surface area contributed by atoms with Gasteiger partial charge in [0, 0.05) is 49.1 Å². The first-order chi connectivity index (χ1) is 15.4. The summed E-state index contributed by atoms with van der Waals surface area (Å²) in [4.78, 5) is 40.1. The molecule has 8 heteroatoms. The van der Waals surface area contributed by atoms with Gasteiger partial charge in [0.2, 0.25) is 5.91 Å². The molecule has 2 bridgehead atoms. The lowest BCUT2D eigenvalue weighted by atomic mass is 9.83. The largest absolute Gasteiger partial charge is 0.497 e. The van der Waals surface area contributed by atoms with E-state index in [1.807, 2.05) is 24.5 Å². The summed E-state index contributed by atoms with van der Waals surface area (Å²) in [5.74, 6) is 0.650. The second kappa shape index (κ2) is 9.06. The quantitative estimate of drug-likeness (QED) is 0.751. The third-order valence-corrected chi connectivity index (χ3v) is 6.33. The Morgan fingerprint density at radius 2 is 1.88 bits per heavy atom. The summed E-state index contributed by atoms with van der Waals surface area (Å²) < 4.78 is 7.05. The maximum Gasteiger partial charge on any atom is 0.318 e. The highest BCUT2D eigenvalue weighted by atomic mass is 16.5. The monoisotopic (exact) mass is 438 g/mol. The van der Waals surface area contributed by atoms with Crippen molar-refractivity contribution in [1.29, 1.82) is 0 Å². The molecule has 8 nitrogen and oxygen atoms in total. The molecule has 2 aliphatic rings. The Morgan fingerprint density at radius 3 is 2.62 bits per heavy atom. The molecule has 2 aromatic rings. The summed E-state index contributed by atoms with van der Waals surface area (Å²) in [6.07, 6.45) is 0.969. The highest BCUT2D eigenvalue weighted by molar-refractivity contribution is 5.97. The van der Waals surface area contributed by atoms with Crippen LogP contribution in [0.1, 0.15) is 31.9 Å². The van der Waals surface area contributed by atoms with Crippen LogP contribution in [0.25, 0.3) is 0 Å². The maximum atomic E-state index is 13.1. The second-order valence-corrected chi connectivity index (χ2v) is 9.00. The van der Waals surface area contributed by atoms with Crippen LogP contribution in [0.4, 0.5) is 10.5 Å². The van der Waals surface area contributed by atoms with Crippen molar-refractivity contribution in [2.45, 2.75) is 38.8 Å². The van der Waals surface area contributed by atoms with E-state index < -0.39 is 6.04 Å². The highest BCUT2D eigenvalue weighted by Crippen LogP contribution is 2.35. The van der Waals surface area contributed by atoms with Gasteiger partial charge in [0.05, 0.1) is 7.11 Å². The average molecular weight is 439 g/mol. The molecular formula is C24H30N4O4. The van der Waals surface area contributed by atoms with Crippen LogP contribution < -0.4 is 20.9 Å². The molecule has 3 heterocycles. The van der Waals surface area contributed by atoms with Crippen LogP contribution >= 0.6 is 0 Å². The van der Waals surface area contributed by atoms with Crippen molar-refractivity contribution in [2.75, 3.05) is 25.5 Å². The topological polar surface area (TPSA) is 92.7 Å². The molecule has 1 fully saturated rings. The van der Waals surface area contributed by atoms with Crippen LogP contribution in [-0.2, 0) is 11.3 Å². The Kier molecular flexibility index (Phi) is 6.21. The van der Waals surface area contributed by atoms with Gasteiger partial charge in [-0.25, -0.2) is 4.79 Å². The molecule has 1 aromatic heterocycles. The number of hydrogen-bond donors (Lipinski definition) is 2. The number of urea groups is 1. The van der Waals surface area contributed by atoms with Gasteiger partial charge >= 0.3 is 6.03 Å². The van der Waals surface area contributed by atoms with E-state index in [4.69, 9.17) is 4.74 Å². The lowest BCUT2D eigenvalue weighted by Crippen LogP contribution is -2.56. The number of pyridine rings is 1. The third kappa shape index (κ3) is 4.49. The number of piperidine rings is 1. The van der Waals surface area contributed by atoms with Crippen molar-refractivity contribution < 1.29 is 14.3 Å². The molecule has 2 aliphatic heterocycles. The predicted molar refractivity (Wildman–Crippen MR) is 122 cm³/mol. The number of aromatic nitrogens is 1. The summed E-state index contributed by atoms with van der Waals surface area (Å²) in [6.45, 7) is 5.55. The van der Waals surface area contributed by atoms with Crippen LogP contribution in [0.5, 0.6) is 5.75 Å². The fraction of sp³-hybridized carbons (Fsp3) is 0.458. The zero-order valence-corrected chi connectivity index (χ0v) is 18.7. The third-order valence-electron chi connectivity index (χ3n) is 6.33. The zero-order valence-electron chi connectivity index (χ0n) is 18.7. The molecule has 1 saturated heterocycles. The molecule has 170 valence electrons. The number of ether oxygens (including phenoxy) is 1. The lowest BCUT2D eigenvalue weighted by Gasteiger charge is -2.43. The number of anilines is 1. The van der Waals surface area contributed by atoms with Crippen LogP contribution in [-0.4, -0.2) is 47.6 Å². The number of carbonyl (C=O) groups excluding carboxylic acids is 2. The molecule has 32 heavy (non-hydrogen) atoms. The van der Waals surface area contributed by atoms with Gasteiger partial charge in [0.25, 0.3) is 5.56 Å². The van der Waals surface area contributed by atoms with Gasteiger partial charge in [0.1, 0.15) is 11.8 Å². The summed E-state index contributed by atoms with van der Waals surface area (Å²) in [5.41, 5.74) is 1.62. The fourth-order valence-electron chi connectivity index (χ4n) is 4.74. The first kappa shape index (κ1) is 21.9. The van der Waals surface area contributed by atoms with Crippen LogP contribution in [0.2, 0.25) is 0 Å². The van der Waals surface area contributed by atoms with Gasteiger partial charge in [-0.05, 0) is 36.5 Å². The number of hydrogen-bond acceptors (Lipinski definition) is 4. The first-order valence-electron chi connectivity index (χ1n) is 11.1. The Balaban J connectivity index is 1.44. The number of carbonyl (C=O) groups is 2. The summed E-state index contributed by atoms with van der Waals surface area (Å²) in [6, 6.07) is 11.5. The molecule has 0 radical (unpaired) electrons. The minimum atomic E-state index is -0.676. The van der Waals surface area contributed by atoms with Gasteiger partial charge < -0.3 is 24.8 Å². The van der Waals surface area contributed by atoms with Gasteiger partial charge in [-0.3, -0.25) is 9.59 Å². The van der Waals surface area contributed by atoms with Gasteiger partial charge in [-0.1, -0.05) is 26.0 Å². The van der Waals surface area contributed by atoms with E-state index in [1.165, 1.54) is 0 Å². The lowest BCUT2D eigenvalue weighted by molar-refractivity contribution is -0.118. The van der Waals surface area contributed by atoms with E-state index in [-0.39, 0.29) is 35.3 Å². The van der Waals surface area contributed by atoms with E-state index in [0.29, 0.717) is 31.1 Å². The van der Waals surface area contributed by atoms with E-state index in [0.717, 1.165) is 12.1 Å². The molecule has 0 aliphatic carbocycles. The predicted octanol–water partition coefficient (Wildman–Crippen LogP) is 2.65. The van der Waals surface area contributed by atoms with Gasteiger partial charge in [-0.15, -0.1) is 0 Å². The Bertz CT molecular complexity index is 1060. The number of rotatable bonds is 5. The van der Waals surface area contributed by atoms with Gasteiger partial charge in [-0.2, -0.15) is 0 Å². The Labute approximate surface area is 187 Å². The van der Waals surface area contributed by atoms with Crippen molar-refractivity contribution in [1.82, 2.24) is 14.8 Å². The van der Waals surface area contributed by atoms with E-state index in [2.05, 4.69) is 10.6 Å². The number of nitrogens with zero attached hydrogens (tertiary/aromatic N) is 2. The van der Waals surface area contributed by atoms with Crippen molar-refractivity contribution in [2.24, 2.45) is 11.8 Å². The zero-order chi connectivity index (χ0) is 22.8. The van der Waals surface area contributed by atoms with E-state index in [9.17, 15) is 14.4 Å². The Hall–Kier alpha value is -3.29. The maximum absolute atomic E-state index is 13.1. The average Bonchev–Trinajstić information content (AvgIpc) is 2.77.